The Balaban J connectivity index is 2.47. The molecule has 0 aliphatic carbocycles. The maximum Gasteiger partial charge on any atom is 0.141 e. The largest absolute Gasteiger partial charge is 0.231 e. The topological polar surface area (TPSA) is 17.8 Å². The fraction of sp³-hybridized carbons (Fsp3) is 0.100. The zero-order valence-corrected chi connectivity index (χ0v) is 8.22. The van der Waals surface area contributed by atoms with E-state index in [2.05, 4.69) is 11.3 Å². The number of aromatic nitrogens is 2. The van der Waals surface area contributed by atoms with Gasteiger partial charge in [-0.3, -0.25) is 0 Å². The maximum atomic E-state index is 12.8. The van der Waals surface area contributed by atoms with Crippen LogP contribution in [0.3, 0.4) is 0 Å². The normalized spacial score (nSPS) is 10.5. The smallest absolute Gasteiger partial charge is 0.141 e. The summed E-state index contributed by atoms with van der Waals surface area (Å²) in [7, 11) is 0. The summed E-state index contributed by atoms with van der Waals surface area (Å²) in [5.41, 5.74) is 1.55. The highest BCUT2D eigenvalue weighted by molar-refractivity contribution is 6.30. The van der Waals surface area contributed by atoms with Gasteiger partial charge in [-0.2, -0.15) is 5.10 Å². The molecule has 2 aromatic rings. The minimum absolute atomic E-state index is 0.0871. The molecule has 2 rings (SSSR count). The van der Waals surface area contributed by atoms with Gasteiger partial charge in [0.1, 0.15) is 5.82 Å². The van der Waals surface area contributed by atoms with E-state index < -0.39 is 5.82 Å². The van der Waals surface area contributed by atoms with Crippen molar-refractivity contribution in [3.05, 3.63) is 47.0 Å². The van der Waals surface area contributed by atoms with E-state index in [-0.39, 0.29) is 5.02 Å². The lowest BCUT2D eigenvalue weighted by Crippen LogP contribution is -1.95. The molecule has 1 aromatic heterocycles. The second-order valence-electron chi connectivity index (χ2n) is 2.93. The third-order valence-electron chi connectivity index (χ3n) is 1.80. The Morgan fingerprint density at radius 3 is 2.86 bits per heavy atom. The number of halogens is 2. The molecule has 71 valence electrons. The van der Waals surface area contributed by atoms with Gasteiger partial charge in [0, 0.05) is 0 Å². The van der Waals surface area contributed by atoms with E-state index in [9.17, 15) is 4.39 Å². The van der Waals surface area contributed by atoms with Crippen molar-refractivity contribution in [2.75, 3.05) is 0 Å². The number of rotatable bonds is 1. The van der Waals surface area contributed by atoms with Gasteiger partial charge >= 0.3 is 0 Å². The monoisotopic (exact) mass is 209 g/mol. The minimum atomic E-state index is -0.431. The Kier molecular flexibility index (Phi) is 2.25. The summed E-state index contributed by atoms with van der Waals surface area (Å²) in [5.74, 6) is -0.431. The Morgan fingerprint density at radius 2 is 2.29 bits per heavy atom. The van der Waals surface area contributed by atoms with Gasteiger partial charge in [-0.1, -0.05) is 11.6 Å². The highest BCUT2D eigenvalue weighted by Gasteiger charge is 2.03. The molecule has 4 heteroatoms. The molecule has 1 radical (unpaired) electrons. The van der Waals surface area contributed by atoms with Crippen molar-refractivity contribution in [3.63, 3.8) is 0 Å². The maximum absolute atomic E-state index is 12.8. The van der Waals surface area contributed by atoms with Crippen LogP contribution in [0.2, 0.25) is 5.02 Å². The first kappa shape index (κ1) is 9.21. The summed E-state index contributed by atoms with van der Waals surface area (Å²) < 4.78 is 14.4. The van der Waals surface area contributed by atoms with Crippen LogP contribution in [0.15, 0.2) is 24.3 Å². The highest BCUT2D eigenvalue weighted by atomic mass is 35.5. The minimum Gasteiger partial charge on any atom is -0.231 e. The van der Waals surface area contributed by atoms with Gasteiger partial charge in [-0.15, -0.1) is 0 Å². The molecule has 0 fully saturated rings. The van der Waals surface area contributed by atoms with Crippen LogP contribution in [0.4, 0.5) is 4.39 Å². The fourth-order valence-electron chi connectivity index (χ4n) is 1.12. The van der Waals surface area contributed by atoms with E-state index in [0.717, 1.165) is 5.69 Å². The highest BCUT2D eigenvalue weighted by Crippen LogP contribution is 2.18. The molecule has 0 unspecified atom stereocenters. The lowest BCUT2D eigenvalue weighted by Gasteiger charge is -2.01. The molecular formula is C10H7ClFN2. The Labute approximate surface area is 85.9 Å². The Hall–Kier alpha value is -1.35. The molecule has 1 heterocycles. The average Bonchev–Trinajstić information content (AvgIpc) is 2.57. The number of nitrogens with zero attached hydrogens (tertiary/aromatic N) is 2. The summed E-state index contributed by atoms with van der Waals surface area (Å²) in [6.07, 6.45) is 2.89. The quantitative estimate of drug-likeness (QED) is 0.706. The fourth-order valence-corrected chi connectivity index (χ4v) is 1.29. The van der Waals surface area contributed by atoms with Gasteiger partial charge in [0.2, 0.25) is 0 Å². The Bertz CT molecular complexity index is 465. The molecule has 0 saturated carbocycles. The molecule has 0 N–H and O–H groups in total. The van der Waals surface area contributed by atoms with Crippen LogP contribution in [0, 0.1) is 18.9 Å². The number of hydrogen-bond donors (Lipinski definition) is 0. The predicted molar refractivity (Wildman–Crippen MR) is 52.1 cm³/mol. The van der Waals surface area contributed by atoms with Gasteiger partial charge < -0.3 is 0 Å². The van der Waals surface area contributed by atoms with Gasteiger partial charge in [0.25, 0.3) is 0 Å². The van der Waals surface area contributed by atoms with Crippen LogP contribution >= 0.6 is 11.6 Å². The van der Waals surface area contributed by atoms with Crippen LogP contribution in [-0.4, -0.2) is 9.78 Å². The van der Waals surface area contributed by atoms with Gasteiger partial charge in [0.05, 0.1) is 22.6 Å². The SMILES string of the molecule is Cc1c[c]n(-c2ccc(F)c(Cl)c2)n1. The van der Waals surface area contributed by atoms with Crippen molar-refractivity contribution in [1.29, 1.82) is 0 Å². The third-order valence-corrected chi connectivity index (χ3v) is 2.09. The van der Waals surface area contributed by atoms with E-state index in [1.807, 2.05) is 6.92 Å². The van der Waals surface area contributed by atoms with Crippen molar-refractivity contribution in [1.82, 2.24) is 9.78 Å². The predicted octanol–water partition coefficient (Wildman–Crippen LogP) is 2.77. The summed E-state index contributed by atoms with van der Waals surface area (Å²) in [5, 5.41) is 4.22. The molecule has 0 amide bonds. The third kappa shape index (κ3) is 1.63. The molecule has 0 bridgehead atoms. The number of aryl methyl sites for hydroxylation is 1. The summed E-state index contributed by atoms with van der Waals surface area (Å²) in [4.78, 5) is 0. The van der Waals surface area contributed by atoms with E-state index in [0.29, 0.717) is 5.69 Å². The molecule has 14 heavy (non-hydrogen) atoms. The van der Waals surface area contributed by atoms with E-state index in [4.69, 9.17) is 11.6 Å². The summed E-state index contributed by atoms with van der Waals surface area (Å²) in [6, 6.07) is 6.17. The standard InChI is InChI=1S/C10H7ClFN2/c1-7-4-5-14(13-7)8-2-3-10(12)9(11)6-8/h2-4,6H,1H3. The number of benzene rings is 1. The zero-order valence-electron chi connectivity index (χ0n) is 7.46. The first-order chi connectivity index (χ1) is 6.66. The van der Waals surface area contributed by atoms with Crippen molar-refractivity contribution in [3.8, 4) is 5.69 Å². The van der Waals surface area contributed by atoms with E-state index >= 15 is 0 Å². The van der Waals surface area contributed by atoms with Crippen molar-refractivity contribution >= 4 is 11.6 Å². The number of hydrogen-bond acceptors (Lipinski definition) is 1. The second-order valence-corrected chi connectivity index (χ2v) is 3.33. The van der Waals surface area contributed by atoms with Crippen molar-refractivity contribution in [2.24, 2.45) is 0 Å². The van der Waals surface area contributed by atoms with Crippen LogP contribution in [0.25, 0.3) is 5.69 Å². The van der Waals surface area contributed by atoms with Crippen LogP contribution in [0.5, 0.6) is 0 Å². The molecule has 0 saturated heterocycles. The molecular weight excluding hydrogens is 203 g/mol. The molecule has 0 aliphatic heterocycles. The first-order valence-corrected chi connectivity index (χ1v) is 4.44. The lowest BCUT2D eigenvalue weighted by atomic mass is 10.3. The van der Waals surface area contributed by atoms with E-state index in [1.54, 1.807) is 12.1 Å². The molecule has 0 atom stereocenters. The van der Waals surface area contributed by atoms with Gasteiger partial charge in [-0.25, -0.2) is 9.07 Å². The van der Waals surface area contributed by atoms with E-state index in [1.165, 1.54) is 16.8 Å². The van der Waals surface area contributed by atoms with Crippen LogP contribution in [-0.2, 0) is 0 Å². The molecule has 1 aromatic carbocycles. The van der Waals surface area contributed by atoms with Gasteiger partial charge in [0.15, 0.2) is 0 Å². The van der Waals surface area contributed by atoms with Crippen molar-refractivity contribution in [2.45, 2.75) is 6.92 Å². The lowest BCUT2D eigenvalue weighted by molar-refractivity contribution is 0.627. The first-order valence-electron chi connectivity index (χ1n) is 4.06. The second kappa shape index (κ2) is 3.42. The molecule has 0 spiro atoms. The summed E-state index contributed by atoms with van der Waals surface area (Å²) in [6.45, 7) is 1.86. The molecule has 2 nitrogen and oxygen atoms in total. The zero-order chi connectivity index (χ0) is 10.1. The van der Waals surface area contributed by atoms with Crippen molar-refractivity contribution < 1.29 is 4.39 Å². The molecule has 0 aliphatic rings. The van der Waals surface area contributed by atoms with Crippen LogP contribution < -0.4 is 0 Å². The van der Waals surface area contributed by atoms with Gasteiger partial charge in [-0.05, 0) is 31.2 Å². The van der Waals surface area contributed by atoms with Crippen LogP contribution in [0.1, 0.15) is 5.69 Å². The Morgan fingerprint density at radius 1 is 1.50 bits per heavy atom. The summed E-state index contributed by atoms with van der Waals surface area (Å²) >= 11 is 5.64. The average molecular weight is 210 g/mol.